The number of aromatic nitrogens is 6. The van der Waals surface area contributed by atoms with E-state index in [9.17, 15) is 0 Å². The summed E-state index contributed by atoms with van der Waals surface area (Å²) in [6.45, 7) is 3.99. The number of hydrogen-bond donors (Lipinski definition) is 0. The molecule has 122 valence electrons. The monoisotopic (exact) mass is 314 g/mol. The molecule has 23 heavy (non-hydrogen) atoms. The van der Waals surface area contributed by atoms with Crippen molar-refractivity contribution < 1.29 is 0 Å². The summed E-state index contributed by atoms with van der Waals surface area (Å²) in [7, 11) is 4.05. The number of fused-ring (bicyclic) bond motifs is 1. The van der Waals surface area contributed by atoms with Crippen LogP contribution >= 0.6 is 0 Å². The summed E-state index contributed by atoms with van der Waals surface area (Å²) in [5.74, 6) is 1.98. The van der Waals surface area contributed by atoms with E-state index >= 15 is 0 Å². The molecule has 2 aromatic heterocycles. The zero-order valence-electron chi connectivity index (χ0n) is 13.8. The van der Waals surface area contributed by atoms with E-state index in [0.717, 1.165) is 36.8 Å². The number of rotatable bonds is 4. The number of hydrogen-bond acceptors (Lipinski definition) is 7. The van der Waals surface area contributed by atoms with Crippen LogP contribution in [0, 0.1) is 0 Å². The fourth-order valence-electron chi connectivity index (χ4n) is 3.28. The summed E-state index contributed by atoms with van der Waals surface area (Å²) in [6.07, 6.45) is 4.98. The Bertz CT molecular complexity index is 705. The van der Waals surface area contributed by atoms with E-state index < -0.39 is 0 Å². The Labute approximate surface area is 135 Å². The van der Waals surface area contributed by atoms with Gasteiger partial charge in [0.1, 0.15) is 12.1 Å². The molecule has 8 heteroatoms. The average molecular weight is 314 g/mol. The zero-order valence-corrected chi connectivity index (χ0v) is 13.8. The molecule has 0 N–H and O–H groups in total. The fourth-order valence-corrected chi connectivity index (χ4v) is 3.28. The molecule has 1 aliphatic heterocycles. The summed E-state index contributed by atoms with van der Waals surface area (Å²) in [6, 6.07) is 0.689. The minimum absolute atomic E-state index is 0.189. The van der Waals surface area contributed by atoms with E-state index in [0.29, 0.717) is 6.04 Å². The maximum atomic E-state index is 4.46. The highest BCUT2D eigenvalue weighted by Gasteiger charge is 2.33. The first-order valence-corrected chi connectivity index (χ1v) is 8.17. The first kappa shape index (κ1) is 14.5. The van der Waals surface area contributed by atoms with Crippen LogP contribution in [-0.4, -0.2) is 55.7 Å². The van der Waals surface area contributed by atoms with E-state index in [4.69, 9.17) is 0 Å². The summed E-state index contributed by atoms with van der Waals surface area (Å²) in [5, 5.41) is 12.4. The first-order valence-electron chi connectivity index (χ1n) is 8.17. The first-order chi connectivity index (χ1) is 11.1. The third-order valence-electron chi connectivity index (χ3n) is 4.76. The second kappa shape index (κ2) is 5.52. The molecular weight excluding hydrogens is 292 g/mol. The molecule has 3 heterocycles. The van der Waals surface area contributed by atoms with Crippen LogP contribution in [0.1, 0.15) is 48.9 Å². The van der Waals surface area contributed by atoms with Crippen LogP contribution in [0.4, 0.5) is 5.82 Å². The molecule has 1 fully saturated rings. The van der Waals surface area contributed by atoms with Crippen molar-refractivity contribution in [2.24, 2.45) is 0 Å². The standard InChI is InChI=1S/C15H22N8/c1-10(14-18-19-20-23(14)11-4-5-11)22-7-6-13-12(8-22)15(21(2)3)17-9-16-13/h9-11H,4-8H2,1-3H3. The molecule has 0 saturated heterocycles. The Balaban J connectivity index is 1.61. The van der Waals surface area contributed by atoms with Crippen LogP contribution in [0.2, 0.25) is 0 Å². The number of tetrazole rings is 1. The van der Waals surface area contributed by atoms with E-state index in [1.54, 1.807) is 6.33 Å². The molecular formula is C15H22N8. The van der Waals surface area contributed by atoms with Gasteiger partial charge in [-0.25, -0.2) is 14.6 Å². The summed E-state index contributed by atoms with van der Waals surface area (Å²) in [5.41, 5.74) is 2.38. The summed E-state index contributed by atoms with van der Waals surface area (Å²) in [4.78, 5) is 13.4. The van der Waals surface area contributed by atoms with Crippen LogP contribution in [0.15, 0.2) is 6.33 Å². The van der Waals surface area contributed by atoms with Gasteiger partial charge in [-0.2, -0.15) is 0 Å². The molecule has 1 unspecified atom stereocenters. The van der Waals surface area contributed by atoms with Gasteiger partial charge in [-0.1, -0.05) is 0 Å². The van der Waals surface area contributed by atoms with Gasteiger partial charge in [0.15, 0.2) is 5.82 Å². The second-order valence-corrected chi connectivity index (χ2v) is 6.63. The smallest absolute Gasteiger partial charge is 0.168 e. The highest BCUT2D eigenvalue weighted by Crippen LogP contribution is 2.37. The molecule has 0 radical (unpaired) electrons. The van der Waals surface area contributed by atoms with Gasteiger partial charge >= 0.3 is 0 Å². The van der Waals surface area contributed by atoms with Gasteiger partial charge in [-0.05, 0) is 30.2 Å². The maximum absolute atomic E-state index is 4.46. The molecule has 1 saturated carbocycles. The number of anilines is 1. The van der Waals surface area contributed by atoms with Crippen molar-refractivity contribution in [3.8, 4) is 0 Å². The van der Waals surface area contributed by atoms with Crippen LogP contribution in [0.3, 0.4) is 0 Å². The van der Waals surface area contributed by atoms with Gasteiger partial charge < -0.3 is 4.90 Å². The Kier molecular flexibility index (Phi) is 3.48. The molecule has 8 nitrogen and oxygen atoms in total. The van der Waals surface area contributed by atoms with Crippen LogP contribution in [-0.2, 0) is 13.0 Å². The van der Waals surface area contributed by atoms with Crippen LogP contribution < -0.4 is 4.90 Å². The number of nitrogens with zero attached hydrogens (tertiary/aromatic N) is 8. The predicted octanol–water partition coefficient (Wildman–Crippen LogP) is 0.983. The fraction of sp³-hybridized carbons (Fsp3) is 0.667. The Morgan fingerprint density at radius 3 is 2.83 bits per heavy atom. The highest BCUT2D eigenvalue weighted by molar-refractivity contribution is 5.48. The predicted molar refractivity (Wildman–Crippen MR) is 85.0 cm³/mol. The van der Waals surface area contributed by atoms with Crippen molar-refractivity contribution in [3.63, 3.8) is 0 Å². The molecule has 0 bridgehead atoms. The van der Waals surface area contributed by atoms with Crippen LogP contribution in [0.5, 0.6) is 0 Å². The zero-order chi connectivity index (χ0) is 16.0. The van der Waals surface area contributed by atoms with Crippen molar-refractivity contribution in [1.82, 2.24) is 35.1 Å². The van der Waals surface area contributed by atoms with Crippen molar-refractivity contribution in [2.75, 3.05) is 25.5 Å². The largest absolute Gasteiger partial charge is 0.362 e. The van der Waals surface area contributed by atoms with Gasteiger partial charge in [0.2, 0.25) is 0 Å². The van der Waals surface area contributed by atoms with Crippen molar-refractivity contribution in [1.29, 1.82) is 0 Å². The van der Waals surface area contributed by atoms with E-state index in [2.05, 4.69) is 42.2 Å². The SMILES string of the molecule is CC(c1nnnn1C1CC1)N1CCc2ncnc(N(C)C)c2C1. The summed E-state index contributed by atoms with van der Waals surface area (Å²) >= 11 is 0. The third kappa shape index (κ3) is 2.56. The minimum atomic E-state index is 0.189. The molecule has 2 aliphatic rings. The minimum Gasteiger partial charge on any atom is -0.362 e. The van der Waals surface area contributed by atoms with Crippen molar-refractivity contribution in [2.45, 2.75) is 44.8 Å². The lowest BCUT2D eigenvalue weighted by atomic mass is 10.0. The molecule has 0 amide bonds. The lowest BCUT2D eigenvalue weighted by Crippen LogP contribution is -2.36. The van der Waals surface area contributed by atoms with Crippen molar-refractivity contribution >= 4 is 5.82 Å². The van der Waals surface area contributed by atoms with E-state index in [-0.39, 0.29) is 6.04 Å². The van der Waals surface area contributed by atoms with Gasteiger partial charge in [-0.15, -0.1) is 5.10 Å². The average Bonchev–Trinajstić information content (AvgIpc) is 3.29. The molecule has 0 spiro atoms. The molecule has 4 rings (SSSR count). The topological polar surface area (TPSA) is 75.9 Å². The Morgan fingerprint density at radius 1 is 1.26 bits per heavy atom. The van der Waals surface area contributed by atoms with Crippen molar-refractivity contribution in [3.05, 3.63) is 23.4 Å². The Morgan fingerprint density at radius 2 is 2.09 bits per heavy atom. The van der Waals surface area contributed by atoms with Gasteiger partial charge in [0.05, 0.1) is 17.8 Å². The van der Waals surface area contributed by atoms with Crippen LogP contribution in [0.25, 0.3) is 0 Å². The van der Waals surface area contributed by atoms with Gasteiger partial charge in [0.25, 0.3) is 0 Å². The molecule has 2 aromatic rings. The van der Waals surface area contributed by atoms with Gasteiger partial charge in [-0.3, -0.25) is 4.90 Å². The van der Waals surface area contributed by atoms with Gasteiger partial charge in [0, 0.05) is 39.2 Å². The van der Waals surface area contributed by atoms with E-state index in [1.807, 2.05) is 18.8 Å². The quantitative estimate of drug-likeness (QED) is 0.832. The van der Waals surface area contributed by atoms with E-state index in [1.165, 1.54) is 18.4 Å². The molecule has 1 atom stereocenters. The Hall–Kier alpha value is -2.09. The normalized spacial score (nSPS) is 19.4. The highest BCUT2D eigenvalue weighted by atomic mass is 15.6. The molecule has 0 aromatic carbocycles. The maximum Gasteiger partial charge on any atom is 0.168 e. The lowest BCUT2D eigenvalue weighted by Gasteiger charge is -2.33. The lowest BCUT2D eigenvalue weighted by molar-refractivity contribution is 0.178. The summed E-state index contributed by atoms with van der Waals surface area (Å²) < 4.78 is 2.01. The third-order valence-corrected chi connectivity index (χ3v) is 4.76. The second-order valence-electron chi connectivity index (χ2n) is 6.63. The molecule has 1 aliphatic carbocycles.